The number of carbonyl (C=O) groups is 1. The van der Waals surface area contributed by atoms with Gasteiger partial charge in [0.15, 0.2) is 5.16 Å². The highest BCUT2D eigenvalue weighted by Crippen LogP contribution is 2.29. The molecule has 0 aliphatic carbocycles. The topological polar surface area (TPSA) is 63.9 Å². The Morgan fingerprint density at radius 1 is 0.765 bits per heavy atom. The molecule has 7 heteroatoms. The van der Waals surface area contributed by atoms with Crippen molar-refractivity contribution in [1.82, 2.24) is 19.5 Å². The summed E-state index contributed by atoms with van der Waals surface area (Å²) in [6.45, 7) is 0. The van der Waals surface area contributed by atoms with Crippen LogP contribution in [0.5, 0.6) is 0 Å². The highest BCUT2D eigenvalue weighted by atomic mass is 32.2. The highest BCUT2D eigenvalue weighted by molar-refractivity contribution is 7.99. The normalized spacial score (nSPS) is 10.7. The summed E-state index contributed by atoms with van der Waals surface area (Å²) < 4.78 is 2.02. The number of para-hydroxylation sites is 1. The number of benzene rings is 2. The molecule has 0 unspecified atom stereocenters. The maximum Gasteiger partial charge on any atom is 0.244 e. The van der Waals surface area contributed by atoms with Gasteiger partial charge in [-0.25, -0.2) is 19.9 Å². The van der Waals surface area contributed by atoms with E-state index in [0.29, 0.717) is 11.6 Å². The zero-order valence-corrected chi connectivity index (χ0v) is 19.0. The number of pyridine rings is 2. The van der Waals surface area contributed by atoms with E-state index in [1.165, 1.54) is 11.8 Å². The van der Waals surface area contributed by atoms with Crippen LogP contribution in [0.4, 0.5) is 11.6 Å². The third kappa shape index (κ3) is 4.74. The fourth-order valence-electron chi connectivity index (χ4n) is 3.52. The Balaban J connectivity index is 1.45. The van der Waals surface area contributed by atoms with Crippen LogP contribution in [0.15, 0.2) is 121 Å². The molecule has 3 aromatic heterocycles. The van der Waals surface area contributed by atoms with Gasteiger partial charge in [-0.3, -0.25) is 9.36 Å². The van der Waals surface area contributed by atoms with Crippen molar-refractivity contribution in [3.63, 3.8) is 0 Å². The number of amides is 1. The van der Waals surface area contributed by atoms with Gasteiger partial charge in [-0.1, -0.05) is 72.4 Å². The first-order valence-electron chi connectivity index (χ1n) is 10.8. The number of thioether (sulfide) groups is 1. The predicted molar refractivity (Wildman–Crippen MR) is 135 cm³/mol. The first-order chi connectivity index (χ1) is 16.8. The molecule has 0 aliphatic rings. The van der Waals surface area contributed by atoms with Crippen molar-refractivity contribution >= 4 is 29.3 Å². The standard InChI is InChI=1S/C27H21N5OS/c33-26(32(24-15-7-9-17-28-24)25-16-8-10-18-29-25)20-34-27-30-23(21-11-3-1-4-12-21)19-31(27)22-13-5-2-6-14-22/h1-19H,20H2. The molecule has 0 bridgehead atoms. The fraction of sp³-hybridized carbons (Fsp3) is 0.0370. The fourth-order valence-corrected chi connectivity index (χ4v) is 4.36. The maximum atomic E-state index is 13.4. The van der Waals surface area contributed by atoms with Crippen molar-refractivity contribution in [1.29, 1.82) is 0 Å². The van der Waals surface area contributed by atoms with Gasteiger partial charge in [-0.15, -0.1) is 0 Å². The SMILES string of the molecule is O=C(CSc1nc(-c2ccccc2)cn1-c1ccccc1)N(c1ccccn1)c1ccccn1. The number of aromatic nitrogens is 4. The number of imidazole rings is 1. The summed E-state index contributed by atoms with van der Waals surface area (Å²) >= 11 is 1.39. The van der Waals surface area contributed by atoms with E-state index in [4.69, 9.17) is 4.98 Å². The predicted octanol–water partition coefficient (Wildman–Crippen LogP) is 5.79. The minimum Gasteiger partial charge on any atom is -0.294 e. The van der Waals surface area contributed by atoms with E-state index < -0.39 is 0 Å². The Morgan fingerprint density at radius 3 is 1.94 bits per heavy atom. The Kier molecular flexibility index (Phi) is 6.45. The average Bonchev–Trinajstić information content (AvgIpc) is 3.34. The van der Waals surface area contributed by atoms with Crippen LogP contribution < -0.4 is 4.90 Å². The van der Waals surface area contributed by atoms with E-state index in [-0.39, 0.29) is 11.7 Å². The molecular formula is C27H21N5OS. The second kappa shape index (κ2) is 10.1. The average molecular weight is 464 g/mol. The van der Waals surface area contributed by atoms with Crippen LogP contribution in [0, 0.1) is 0 Å². The van der Waals surface area contributed by atoms with Crippen molar-refractivity contribution in [3.05, 3.63) is 116 Å². The van der Waals surface area contributed by atoms with Crippen LogP contribution in [-0.2, 0) is 4.79 Å². The molecule has 3 heterocycles. The minimum atomic E-state index is -0.133. The lowest BCUT2D eigenvalue weighted by molar-refractivity contribution is -0.115. The molecule has 34 heavy (non-hydrogen) atoms. The molecular weight excluding hydrogens is 442 g/mol. The van der Waals surface area contributed by atoms with E-state index in [1.807, 2.05) is 95.7 Å². The molecule has 5 aromatic rings. The van der Waals surface area contributed by atoms with Gasteiger partial charge in [0.25, 0.3) is 0 Å². The Labute approximate surface area is 202 Å². The van der Waals surface area contributed by atoms with Crippen molar-refractivity contribution in [2.24, 2.45) is 0 Å². The molecule has 1 amide bonds. The lowest BCUT2D eigenvalue weighted by Crippen LogP contribution is -2.29. The highest BCUT2D eigenvalue weighted by Gasteiger charge is 2.22. The maximum absolute atomic E-state index is 13.4. The van der Waals surface area contributed by atoms with E-state index in [2.05, 4.69) is 9.97 Å². The van der Waals surface area contributed by atoms with E-state index in [1.54, 1.807) is 29.4 Å². The Hall–Kier alpha value is -4.23. The van der Waals surface area contributed by atoms with Crippen molar-refractivity contribution < 1.29 is 4.79 Å². The molecule has 6 nitrogen and oxygen atoms in total. The van der Waals surface area contributed by atoms with Gasteiger partial charge in [0, 0.05) is 29.8 Å². The first-order valence-corrected chi connectivity index (χ1v) is 11.8. The van der Waals surface area contributed by atoms with E-state index >= 15 is 0 Å². The number of anilines is 2. The molecule has 0 aliphatic heterocycles. The summed E-state index contributed by atoms with van der Waals surface area (Å²) in [4.78, 5) is 28.6. The third-order valence-corrected chi connectivity index (χ3v) is 6.05. The van der Waals surface area contributed by atoms with Crippen LogP contribution in [0.2, 0.25) is 0 Å². The van der Waals surface area contributed by atoms with Crippen LogP contribution in [-0.4, -0.2) is 31.2 Å². The molecule has 0 fully saturated rings. The Morgan fingerprint density at radius 2 is 1.35 bits per heavy atom. The summed E-state index contributed by atoms with van der Waals surface area (Å²) in [5.74, 6) is 1.10. The molecule has 0 saturated carbocycles. The molecule has 0 atom stereocenters. The van der Waals surface area contributed by atoms with E-state index in [0.717, 1.165) is 22.1 Å². The van der Waals surface area contributed by atoms with Crippen LogP contribution >= 0.6 is 11.8 Å². The number of carbonyl (C=O) groups excluding carboxylic acids is 1. The monoisotopic (exact) mass is 463 g/mol. The van der Waals surface area contributed by atoms with Gasteiger partial charge in [-0.2, -0.15) is 0 Å². The summed E-state index contributed by atoms with van der Waals surface area (Å²) in [6, 6.07) is 31.0. The lowest BCUT2D eigenvalue weighted by atomic mass is 10.2. The number of hydrogen-bond acceptors (Lipinski definition) is 5. The molecule has 0 spiro atoms. The van der Waals surface area contributed by atoms with Crippen LogP contribution in [0.25, 0.3) is 16.9 Å². The lowest BCUT2D eigenvalue weighted by Gasteiger charge is -2.20. The summed E-state index contributed by atoms with van der Waals surface area (Å²) in [5, 5.41) is 0.736. The minimum absolute atomic E-state index is 0.133. The van der Waals surface area contributed by atoms with Gasteiger partial charge in [-0.05, 0) is 36.4 Å². The van der Waals surface area contributed by atoms with Gasteiger partial charge in [0.2, 0.25) is 5.91 Å². The number of nitrogens with zero attached hydrogens (tertiary/aromatic N) is 5. The zero-order valence-electron chi connectivity index (χ0n) is 18.2. The van der Waals surface area contributed by atoms with Gasteiger partial charge in [0.1, 0.15) is 11.6 Å². The smallest absolute Gasteiger partial charge is 0.244 e. The van der Waals surface area contributed by atoms with Gasteiger partial charge in [0.05, 0.1) is 11.4 Å². The summed E-state index contributed by atoms with van der Waals surface area (Å²) in [7, 11) is 0. The summed E-state index contributed by atoms with van der Waals surface area (Å²) in [5.41, 5.74) is 2.86. The second-order valence-electron chi connectivity index (χ2n) is 7.37. The quantitative estimate of drug-likeness (QED) is 0.286. The van der Waals surface area contributed by atoms with Crippen molar-refractivity contribution in [2.75, 3.05) is 10.7 Å². The molecule has 166 valence electrons. The number of rotatable bonds is 7. The van der Waals surface area contributed by atoms with Crippen LogP contribution in [0.1, 0.15) is 0 Å². The third-order valence-electron chi connectivity index (χ3n) is 5.11. The van der Waals surface area contributed by atoms with Gasteiger partial charge < -0.3 is 0 Å². The largest absolute Gasteiger partial charge is 0.294 e. The molecule has 2 aromatic carbocycles. The molecule has 0 radical (unpaired) electrons. The molecule has 0 N–H and O–H groups in total. The van der Waals surface area contributed by atoms with Crippen LogP contribution in [0.3, 0.4) is 0 Å². The number of hydrogen-bond donors (Lipinski definition) is 0. The van der Waals surface area contributed by atoms with E-state index in [9.17, 15) is 4.79 Å². The second-order valence-corrected chi connectivity index (χ2v) is 8.32. The summed E-state index contributed by atoms with van der Waals surface area (Å²) in [6.07, 6.45) is 5.34. The molecule has 0 saturated heterocycles. The van der Waals surface area contributed by atoms with Crippen molar-refractivity contribution in [3.8, 4) is 16.9 Å². The van der Waals surface area contributed by atoms with Gasteiger partial charge >= 0.3 is 0 Å². The van der Waals surface area contributed by atoms with Crippen molar-refractivity contribution in [2.45, 2.75) is 5.16 Å². The molecule has 5 rings (SSSR count). The first kappa shape index (κ1) is 21.6. The zero-order chi connectivity index (χ0) is 23.2. The Bertz CT molecular complexity index is 1320.